The number of amides is 1. The molecule has 3 aromatic rings. The van der Waals surface area contributed by atoms with Gasteiger partial charge in [0.15, 0.2) is 5.16 Å². The molecule has 0 aliphatic carbocycles. The van der Waals surface area contributed by atoms with Gasteiger partial charge in [-0.05, 0) is 31.0 Å². The lowest BCUT2D eigenvalue weighted by Gasteiger charge is -2.16. The maximum absolute atomic E-state index is 13.3. The first kappa shape index (κ1) is 20.5. The minimum absolute atomic E-state index is 0.0253. The maximum atomic E-state index is 13.3. The predicted molar refractivity (Wildman–Crippen MR) is 111 cm³/mol. The third-order valence-corrected chi connectivity index (χ3v) is 5.95. The number of thioether (sulfide) groups is 1. The molecule has 0 bridgehead atoms. The number of rotatable bonds is 5. The SMILES string of the molecule is O=C(CSc1ncc(-c2ccccc2)n1-c1cccc(C(F)(F)F)c1)N1CCCC1. The highest BCUT2D eigenvalue weighted by molar-refractivity contribution is 7.99. The minimum atomic E-state index is -4.44. The predicted octanol–water partition coefficient (Wildman–Crippen LogP) is 5.27. The molecule has 30 heavy (non-hydrogen) atoms. The molecule has 2 aromatic carbocycles. The number of hydrogen-bond donors (Lipinski definition) is 0. The lowest BCUT2D eigenvalue weighted by atomic mass is 10.1. The van der Waals surface area contributed by atoms with E-state index >= 15 is 0 Å². The molecule has 0 unspecified atom stereocenters. The molecule has 1 aliphatic rings. The molecule has 4 rings (SSSR count). The second-order valence-electron chi connectivity index (χ2n) is 7.05. The van der Waals surface area contributed by atoms with Crippen molar-refractivity contribution in [2.75, 3.05) is 18.8 Å². The summed E-state index contributed by atoms with van der Waals surface area (Å²) in [5.41, 5.74) is 1.14. The Morgan fingerprint density at radius 3 is 2.47 bits per heavy atom. The molecule has 4 nitrogen and oxygen atoms in total. The molecule has 8 heteroatoms. The molecule has 0 N–H and O–H groups in total. The molecule has 0 saturated carbocycles. The number of likely N-dealkylation sites (tertiary alicyclic amines) is 1. The van der Waals surface area contributed by atoms with E-state index in [9.17, 15) is 18.0 Å². The molecular weight excluding hydrogens is 411 g/mol. The molecule has 1 amide bonds. The Kier molecular flexibility index (Phi) is 5.85. The van der Waals surface area contributed by atoms with Gasteiger partial charge in [-0.15, -0.1) is 0 Å². The highest BCUT2D eigenvalue weighted by Gasteiger charge is 2.31. The van der Waals surface area contributed by atoms with Crippen LogP contribution in [-0.4, -0.2) is 39.2 Å². The first-order chi connectivity index (χ1) is 14.4. The molecular formula is C22H20F3N3OS. The van der Waals surface area contributed by atoms with Crippen LogP contribution in [0, 0.1) is 0 Å². The molecule has 1 aromatic heterocycles. The van der Waals surface area contributed by atoms with Crippen molar-refractivity contribution in [3.8, 4) is 16.9 Å². The average Bonchev–Trinajstić information content (AvgIpc) is 3.42. The topological polar surface area (TPSA) is 38.1 Å². The number of hydrogen-bond acceptors (Lipinski definition) is 3. The molecule has 0 radical (unpaired) electrons. The molecule has 1 fully saturated rings. The van der Waals surface area contributed by atoms with Crippen LogP contribution in [0.4, 0.5) is 13.2 Å². The third kappa shape index (κ3) is 4.38. The van der Waals surface area contributed by atoms with Crippen LogP contribution >= 0.6 is 11.8 Å². The van der Waals surface area contributed by atoms with E-state index in [1.54, 1.807) is 16.8 Å². The van der Waals surface area contributed by atoms with Gasteiger partial charge in [-0.25, -0.2) is 4.98 Å². The van der Waals surface area contributed by atoms with Crippen LogP contribution in [0.2, 0.25) is 0 Å². The summed E-state index contributed by atoms with van der Waals surface area (Å²) in [6, 6.07) is 14.5. The second-order valence-corrected chi connectivity index (χ2v) is 7.99. The largest absolute Gasteiger partial charge is 0.416 e. The van der Waals surface area contributed by atoms with Gasteiger partial charge in [0, 0.05) is 24.3 Å². The van der Waals surface area contributed by atoms with Gasteiger partial charge in [-0.3, -0.25) is 9.36 Å². The first-order valence-electron chi connectivity index (χ1n) is 9.65. The molecule has 0 spiro atoms. The van der Waals surface area contributed by atoms with Crippen LogP contribution in [0.5, 0.6) is 0 Å². The number of alkyl halides is 3. The zero-order valence-electron chi connectivity index (χ0n) is 16.1. The summed E-state index contributed by atoms with van der Waals surface area (Å²) in [7, 11) is 0. The van der Waals surface area contributed by atoms with Gasteiger partial charge in [-0.1, -0.05) is 48.2 Å². The van der Waals surface area contributed by atoms with Gasteiger partial charge in [-0.2, -0.15) is 13.2 Å². The molecule has 0 atom stereocenters. The Morgan fingerprint density at radius 2 is 1.77 bits per heavy atom. The standard InChI is InChI=1S/C22H20F3N3OS/c23-22(24,25)17-9-6-10-18(13-17)28-19(16-7-2-1-3-8-16)14-26-21(28)30-15-20(29)27-11-4-5-12-27/h1-3,6-10,13-14H,4-5,11-12,15H2. The quantitative estimate of drug-likeness (QED) is 0.517. The van der Waals surface area contributed by atoms with Crippen LogP contribution in [0.15, 0.2) is 66.0 Å². The number of imidazole rings is 1. The van der Waals surface area contributed by atoms with Crippen LogP contribution in [0.25, 0.3) is 16.9 Å². The third-order valence-electron chi connectivity index (χ3n) is 5.01. The van der Waals surface area contributed by atoms with Gasteiger partial charge in [0.25, 0.3) is 0 Å². The number of benzene rings is 2. The maximum Gasteiger partial charge on any atom is 0.416 e. The summed E-state index contributed by atoms with van der Waals surface area (Å²) in [5.74, 6) is 0.224. The number of carbonyl (C=O) groups excluding carboxylic acids is 1. The number of aromatic nitrogens is 2. The Hall–Kier alpha value is -2.74. The van der Waals surface area contributed by atoms with E-state index in [0.717, 1.165) is 43.6 Å². The molecule has 2 heterocycles. The van der Waals surface area contributed by atoms with Crippen molar-refractivity contribution in [2.24, 2.45) is 0 Å². The van der Waals surface area contributed by atoms with Gasteiger partial charge >= 0.3 is 6.18 Å². The van der Waals surface area contributed by atoms with E-state index in [0.29, 0.717) is 16.5 Å². The fourth-order valence-corrected chi connectivity index (χ4v) is 4.40. The Morgan fingerprint density at radius 1 is 1.03 bits per heavy atom. The summed E-state index contributed by atoms with van der Waals surface area (Å²) in [5, 5.41) is 0.487. The summed E-state index contributed by atoms with van der Waals surface area (Å²) < 4.78 is 41.5. The average molecular weight is 431 g/mol. The first-order valence-corrected chi connectivity index (χ1v) is 10.6. The van der Waals surface area contributed by atoms with Crippen LogP contribution < -0.4 is 0 Å². The fraction of sp³-hybridized carbons (Fsp3) is 0.273. The fourth-order valence-electron chi connectivity index (χ4n) is 3.50. The van der Waals surface area contributed by atoms with Gasteiger partial charge in [0.1, 0.15) is 0 Å². The van der Waals surface area contributed by atoms with Crippen molar-refractivity contribution >= 4 is 17.7 Å². The smallest absolute Gasteiger partial charge is 0.342 e. The number of halogens is 3. The molecule has 1 saturated heterocycles. The summed E-state index contributed by atoms with van der Waals surface area (Å²) >= 11 is 1.25. The van der Waals surface area contributed by atoms with E-state index in [2.05, 4.69) is 4.98 Å². The molecule has 1 aliphatic heterocycles. The van der Waals surface area contributed by atoms with E-state index in [1.165, 1.54) is 17.8 Å². The molecule has 156 valence electrons. The van der Waals surface area contributed by atoms with Crippen LogP contribution in [0.1, 0.15) is 18.4 Å². The summed E-state index contributed by atoms with van der Waals surface area (Å²) in [6.45, 7) is 1.52. The van der Waals surface area contributed by atoms with E-state index in [4.69, 9.17) is 0 Å². The van der Waals surface area contributed by atoms with Crippen molar-refractivity contribution < 1.29 is 18.0 Å². The van der Waals surface area contributed by atoms with Crippen molar-refractivity contribution in [2.45, 2.75) is 24.2 Å². The number of carbonyl (C=O) groups is 1. The monoisotopic (exact) mass is 431 g/mol. The Labute approximate surface area is 176 Å². The Bertz CT molecular complexity index is 1030. The van der Waals surface area contributed by atoms with Gasteiger partial charge in [0.2, 0.25) is 5.91 Å². The van der Waals surface area contributed by atoms with E-state index in [-0.39, 0.29) is 11.7 Å². The van der Waals surface area contributed by atoms with Gasteiger partial charge < -0.3 is 4.90 Å². The summed E-state index contributed by atoms with van der Waals surface area (Å²) in [6.07, 6.45) is -0.790. The number of nitrogens with zero attached hydrogens (tertiary/aromatic N) is 3. The van der Waals surface area contributed by atoms with E-state index in [1.807, 2.05) is 35.2 Å². The normalized spacial score (nSPS) is 14.3. The highest BCUT2D eigenvalue weighted by Crippen LogP contribution is 2.34. The van der Waals surface area contributed by atoms with Crippen molar-refractivity contribution in [1.82, 2.24) is 14.5 Å². The highest BCUT2D eigenvalue weighted by atomic mass is 32.2. The summed E-state index contributed by atoms with van der Waals surface area (Å²) in [4.78, 5) is 18.7. The Balaban J connectivity index is 1.71. The van der Waals surface area contributed by atoms with Crippen molar-refractivity contribution in [3.05, 3.63) is 66.4 Å². The zero-order chi connectivity index (χ0) is 21.1. The van der Waals surface area contributed by atoms with Crippen molar-refractivity contribution in [3.63, 3.8) is 0 Å². The lowest BCUT2D eigenvalue weighted by Crippen LogP contribution is -2.29. The lowest BCUT2D eigenvalue weighted by molar-refractivity contribution is -0.137. The van der Waals surface area contributed by atoms with Gasteiger partial charge in [0.05, 0.1) is 23.2 Å². The van der Waals surface area contributed by atoms with Crippen LogP contribution in [-0.2, 0) is 11.0 Å². The van der Waals surface area contributed by atoms with E-state index < -0.39 is 11.7 Å². The second kappa shape index (κ2) is 8.55. The minimum Gasteiger partial charge on any atom is -0.342 e. The van der Waals surface area contributed by atoms with Crippen molar-refractivity contribution in [1.29, 1.82) is 0 Å². The van der Waals surface area contributed by atoms with Crippen LogP contribution in [0.3, 0.4) is 0 Å². The zero-order valence-corrected chi connectivity index (χ0v) is 16.9.